The van der Waals surface area contributed by atoms with Crippen LogP contribution in [-0.4, -0.2) is 10.1 Å². The van der Waals surface area contributed by atoms with Crippen LogP contribution >= 0.6 is 15.9 Å². The first-order valence-corrected chi connectivity index (χ1v) is 5.17. The Labute approximate surface area is 90.3 Å². The third kappa shape index (κ3) is 1.85. The molecule has 0 radical (unpaired) electrons. The molecule has 0 unspecified atom stereocenters. The van der Waals surface area contributed by atoms with Gasteiger partial charge in [0.2, 0.25) is 0 Å². The van der Waals surface area contributed by atoms with E-state index in [4.69, 9.17) is 4.52 Å². The number of benzene rings is 1. The maximum Gasteiger partial charge on any atom is 0.257 e. The van der Waals surface area contributed by atoms with E-state index in [1.165, 1.54) is 0 Å². The summed E-state index contributed by atoms with van der Waals surface area (Å²) in [6.45, 7) is 2.00. The predicted octanol–water partition coefficient (Wildman–Crippen LogP) is 3.06. The molecule has 1 aromatic heterocycles. The van der Waals surface area contributed by atoms with Crippen LogP contribution in [0.25, 0.3) is 11.5 Å². The van der Waals surface area contributed by atoms with Gasteiger partial charge in [-0.1, -0.05) is 34.1 Å². The van der Waals surface area contributed by atoms with Crippen molar-refractivity contribution in [3.8, 4) is 11.5 Å². The number of hydrogen-bond donors (Lipinski definition) is 0. The Hall–Kier alpha value is -1.16. The standard InChI is InChI=1S/C10H9BrN2O/c1-2-9-12-10(14-13-9)7-4-3-5-8(11)6-7/h3-6H,2H2,1H3. The van der Waals surface area contributed by atoms with Crippen molar-refractivity contribution in [1.29, 1.82) is 0 Å². The molecule has 4 heteroatoms. The minimum absolute atomic E-state index is 0.572. The molecule has 14 heavy (non-hydrogen) atoms. The van der Waals surface area contributed by atoms with E-state index < -0.39 is 0 Å². The molecule has 3 nitrogen and oxygen atoms in total. The molecule has 2 rings (SSSR count). The maximum atomic E-state index is 5.11. The summed E-state index contributed by atoms with van der Waals surface area (Å²) in [5.74, 6) is 1.31. The van der Waals surface area contributed by atoms with E-state index >= 15 is 0 Å². The summed E-state index contributed by atoms with van der Waals surface area (Å²) in [5, 5.41) is 3.84. The molecule has 0 aliphatic rings. The molecule has 0 N–H and O–H groups in total. The van der Waals surface area contributed by atoms with Crippen LogP contribution in [0.5, 0.6) is 0 Å². The average molecular weight is 253 g/mol. The highest BCUT2D eigenvalue weighted by Gasteiger charge is 2.06. The first-order chi connectivity index (χ1) is 6.79. The van der Waals surface area contributed by atoms with Crippen LogP contribution in [0.4, 0.5) is 0 Å². The van der Waals surface area contributed by atoms with Gasteiger partial charge < -0.3 is 4.52 Å². The SMILES string of the molecule is CCc1noc(-c2cccc(Br)c2)n1. The molecular formula is C10H9BrN2O. The summed E-state index contributed by atoms with van der Waals surface area (Å²) in [5.41, 5.74) is 0.937. The number of aromatic nitrogens is 2. The van der Waals surface area contributed by atoms with Gasteiger partial charge in [0.15, 0.2) is 5.82 Å². The molecule has 0 spiro atoms. The largest absolute Gasteiger partial charge is 0.334 e. The van der Waals surface area contributed by atoms with E-state index in [9.17, 15) is 0 Å². The number of aryl methyl sites for hydroxylation is 1. The molecular weight excluding hydrogens is 244 g/mol. The van der Waals surface area contributed by atoms with Crippen LogP contribution in [0.1, 0.15) is 12.7 Å². The minimum Gasteiger partial charge on any atom is -0.334 e. The molecule has 0 saturated heterocycles. The Morgan fingerprint density at radius 2 is 2.29 bits per heavy atom. The second-order valence-corrected chi connectivity index (χ2v) is 3.80. The molecule has 0 amide bonds. The highest BCUT2D eigenvalue weighted by molar-refractivity contribution is 9.10. The van der Waals surface area contributed by atoms with E-state index in [1.54, 1.807) is 0 Å². The number of halogens is 1. The van der Waals surface area contributed by atoms with Crippen molar-refractivity contribution in [2.75, 3.05) is 0 Å². The first-order valence-electron chi connectivity index (χ1n) is 4.38. The summed E-state index contributed by atoms with van der Waals surface area (Å²) < 4.78 is 6.12. The lowest BCUT2D eigenvalue weighted by atomic mass is 10.2. The van der Waals surface area contributed by atoms with Crippen molar-refractivity contribution < 1.29 is 4.52 Å². The first kappa shape index (κ1) is 9.40. The van der Waals surface area contributed by atoms with Crippen molar-refractivity contribution >= 4 is 15.9 Å². The average Bonchev–Trinajstić information content (AvgIpc) is 2.66. The lowest BCUT2D eigenvalue weighted by Crippen LogP contribution is -1.82. The van der Waals surface area contributed by atoms with Gasteiger partial charge in [-0.2, -0.15) is 4.98 Å². The highest BCUT2D eigenvalue weighted by atomic mass is 79.9. The molecule has 1 heterocycles. The van der Waals surface area contributed by atoms with Crippen molar-refractivity contribution in [2.24, 2.45) is 0 Å². The molecule has 0 fully saturated rings. The van der Waals surface area contributed by atoms with Crippen LogP contribution in [-0.2, 0) is 6.42 Å². The second-order valence-electron chi connectivity index (χ2n) is 2.88. The van der Waals surface area contributed by atoms with E-state index in [1.807, 2.05) is 31.2 Å². The van der Waals surface area contributed by atoms with E-state index in [0.717, 1.165) is 22.3 Å². The van der Waals surface area contributed by atoms with Crippen LogP contribution < -0.4 is 0 Å². The number of rotatable bonds is 2. The summed E-state index contributed by atoms with van der Waals surface area (Å²) in [4.78, 5) is 4.24. The number of hydrogen-bond acceptors (Lipinski definition) is 3. The van der Waals surface area contributed by atoms with E-state index in [0.29, 0.717) is 5.89 Å². The Bertz CT molecular complexity index is 439. The van der Waals surface area contributed by atoms with Gasteiger partial charge in [-0.25, -0.2) is 0 Å². The quantitative estimate of drug-likeness (QED) is 0.825. The van der Waals surface area contributed by atoms with Gasteiger partial charge in [-0.15, -0.1) is 0 Å². The van der Waals surface area contributed by atoms with Crippen LogP contribution in [0.2, 0.25) is 0 Å². The monoisotopic (exact) mass is 252 g/mol. The molecule has 1 aromatic carbocycles. The molecule has 0 aliphatic heterocycles. The molecule has 2 aromatic rings. The Kier molecular flexibility index (Phi) is 2.63. The second kappa shape index (κ2) is 3.92. The van der Waals surface area contributed by atoms with Gasteiger partial charge in [0.05, 0.1) is 0 Å². The van der Waals surface area contributed by atoms with Crippen LogP contribution in [0.3, 0.4) is 0 Å². The zero-order valence-corrected chi connectivity index (χ0v) is 9.28. The minimum atomic E-state index is 0.572. The third-order valence-electron chi connectivity index (χ3n) is 1.86. The number of nitrogens with zero attached hydrogens (tertiary/aromatic N) is 2. The summed E-state index contributed by atoms with van der Waals surface area (Å²) in [7, 11) is 0. The van der Waals surface area contributed by atoms with E-state index in [2.05, 4.69) is 26.1 Å². The topological polar surface area (TPSA) is 38.9 Å². The normalized spacial score (nSPS) is 10.4. The van der Waals surface area contributed by atoms with Crippen molar-refractivity contribution in [1.82, 2.24) is 10.1 Å². The Morgan fingerprint density at radius 3 is 2.93 bits per heavy atom. The van der Waals surface area contributed by atoms with Gasteiger partial charge in [0.1, 0.15) is 0 Å². The Balaban J connectivity index is 2.39. The molecule has 0 atom stereocenters. The fourth-order valence-corrected chi connectivity index (χ4v) is 1.54. The fraction of sp³-hybridized carbons (Fsp3) is 0.200. The van der Waals surface area contributed by atoms with Crippen LogP contribution in [0.15, 0.2) is 33.3 Å². The van der Waals surface area contributed by atoms with E-state index in [-0.39, 0.29) is 0 Å². The lowest BCUT2D eigenvalue weighted by Gasteiger charge is -1.93. The highest BCUT2D eigenvalue weighted by Crippen LogP contribution is 2.21. The van der Waals surface area contributed by atoms with Gasteiger partial charge in [-0.3, -0.25) is 0 Å². The zero-order valence-electron chi connectivity index (χ0n) is 7.70. The summed E-state index contributed by atoms with van der Waals surface area (Å²) >= 11 is 3.39. The van der Waals surface area contributed by atoms with Gasteiger partial charge in [0, 0.05) is 16.5 Å². The van der Waals surface area contributed by atoms with Crippen molar-refractivity contribution in [3.05, 3.63) is 34.6 Å². The molecule has 0 aliphatic carbocycles. The maximum absolute atomic E-state index is 5.11. The molecule has 72 valence electrons. The van der Waals surface area contributed by atoms with Gasteiger partial charge in [-0.05, 0) is 18.2 Å². The van der Waals surface area contributed by atoms with Crippen LogP contribution in [0, 0.1) is 0 Å². The predicted molar refractivity (Wildman–Crippen MR) is 56.8 cm³/mol. The summed E-state index contributed by atoms with van der Waals surface area (Å²) in [6.07, 6.45) is 0.789. The fourth-order valence-electron chi connectivity index (χ4n) is 1.14. The molecule has 0 saturated carbocycles. The van der Waals surface area contributed by atoms with Crippen molar-refractivity contribution in [2.45, 2.75) is 13.3 Å². The van der Waals surface area contributed by atoms with Gasteiger partial charge >= 0.3 is 0 Å². The third-order valence-corrected chi connectivity index (χ3v) is 2.35. The smallest absolute Gasteiger partial charge is 0.257 e. The summed E-state index contributed by atoms with van der Waals surface area (Å²) in [6, 6.07) is 7.79. The lowest BCUT2D eigenvalue weighted by molar-refractivity contribution is 0.423. The van der Waals surface area contributed by atoms with Gasteiger partial charge in [0.25, 0.3) is 5.89 Å². The zero-order chi connectivity index (χ0) is 9.97. The molecule has 0 bridgehead atoms. The Morgan fingerprint density at radius 1 is 1.43 bits per heavy atom. The van der Waals surface area contributed by atoms with Crippen molar-refractivity contribution in [3.63, 3.8) is 0 Å².